The van der Waals surface area contributed by atoms with Gasteiger partial charge in [-0.1, -0.05) is 34.1 Å². The van der Waals surface area contributed by atoms with E-state index in [9.17, 15) is 0 Å². The normalized spacial score (nSPS) is 10.2. The summed E-state index contributed by atoms with van der Waals surface area (Å²) < 4.78 is 1.07. The van der Waals surface area contributed by atoms with Crippen molar-refractivity contribution >= 4 is 33.3 Å². The van der Waals surface area contributed by atoms with E-state index < -0.39 is 0 Å². The molecule has 2 rings (SSSR count). The summed E-state index contributed by atoms with van der Waals surface area (Å²) in [4.78, 5) is 4.14. The summed E-state index contributed by atoms with van der Waals surface area (Å²) in [5.41, 5.74) is 12.9. The molecule has 0 aliphatic carbocycles. The van der Waals surface area contributed by atoms with Crippen LogP contribution in [-0.4, -0.2) is 4.98 Å². The zero-order chi connectivity index (χ0) is 12.3. The molecule has 0 unspecified atom stereocenters. The average molecular weight is 293 g/mol. The number of rotatable bonds is 3. The van der Waals surface area contributed by atoms with Crippen molar-refractivity contribution in [3.63, 3.8) is 0 Å². The maximum atomic E-state index is 5.63. The van der Waals surface area contributed by atoms with Gasteiger partial charge in [0.2, 0.25) is 0 Å². The largest absolute Gasteiger partial charge is 0.396 e. The molecule has 0 aliphatic rings. The van der Waals surface area contributed by atoms with Gasteiger partial charge >= 0.3 is 0 Å². The zero-order valence-electron chi connectivity index (χ0n) is 9.15. The Bertz CT molecular complexity index is 528. The van der Waals surface area contributed by atoms with Crippen molar-refractivity contribution in [1.82, 2.24) is 4.98 Å². The van der Waals surface area contributed by atoms with Crippen LogP contribution in [0.2, 0.25) is 0 Å². The third-order valence-electron chi connectivity index (χ3n) is 2.38. The Morgan fingerprint density at radius 1 is 1.12 bits per heavy atom. The summed E-state index contributed by atoms with van der Waals surface area (Å²) in [5.74, 6) is 1.06. The fraction of sp³-hybridized carbons (Fsp3) is 0.0833. The molecule has 5 N–H and O–H groups in total. The van der Waals surface area contributed by atoms with Crippen LogP contribution in [0.3, 0.4) is 0 Å². The second-order valence-corrected chi connectivity index (χ2v) is 4.47. The maximum Gasteiger partial charge on any atom is 0.149 e. The summed E-state index contributed by atoms with van der Waals surface area (Å²) in [7, 11) is 0. The van der Waals surface area contributed by atoms with Gasteiger partial charge in [0.15, 0.2) is 0 Å². The van der Waals surface area contributed by atoms with E-state index in [4.69, 9.17) is 11.5 Å². The van der Waals surface area contributed by atoms with Gasteiger partial charge < -0.3 is 16.8 Å². The summed E-state index contributed by atoms with van der Waals surface area (Å²) in [6, 6.07) is 11.6. The molecular weight excluding hydrogens is 280 g/mol. The van der Waals surface area contributed by atoms with E-state index in [0.717, 1.165) is 10.0 Å². The number of nitrogens with two attached hydrogens (primary N) is 2. The second kappa shape index (κ2) is 5.05. The number of hydrogen-bond acceptors (Lipinski definition) is 4. The van der Waals surface area contributed by atoms with Crippen LogP contribution in [0.5, 0.6) is 0 Å². The Kier molecular flexibility index (Phi) is 3.49. The molecule has 0 amide bonds. The summed E-state index contributed by atoms with van der Waals surface area (Å²) in [5, 5.41) is 3.19. The van der Waals surface area contributed by atoms with Crippen molar-refractivity contribution in [2.45, 2.75) is 6.54 Å². The third-order valence-corrected chi connectivity index (χ3v) is 3.15. The monoisotopic (exact) mass is 292 g/mol. The smallest absolute Gasteiger partial charge is 0.149 e. The predicted octanol–water partition coefficient (Wildman–Crippen LogP) is 2.62. The van der Waals surface area contributed by atoms with Crippen LogP contribution >= 0.6 is 15.9 Å². The summed E-state index contributed by atoms with van der Waals surface area (Å²) in [6.45, 7) is 0.678. The molecule has 88 valence electrons. The molecule has 0 spiro atoms. The predicted molar refractivity (Wildman–Crippen MR) is 74.5 cm³/mol. The number of nitrogens with zero attached hydrogens (tertiary/aromatic N) is 1. The van der Waals surface area contributed by atoms with Crippen molar-refractivity contribution in [2.75, 3.05) is 16.8 Å². The molecule has 0 fully saturated rings. The van der Waals surface area contributed by atoms with E-state index >= 15 is 0 Å². The van der Waals surface area contributed by atoms with Gasteiger partial charge in [-0.05, 0) is 23.8 Å². The fourth-order valence-electron chi connectivity index (χ4n) is 1.41. The summed E-state index contributed by atoms with van der Waals surface area (Å²) in [6.07, 6.45) is 0. The third kappa shape index (κ3) is 2.88. The molecule has 5 heteroatoms. The lowest BCUT2D eigenvalue weighted by Gasteiger charge is -2.08. The lowest BCUT2D eigenvalue weighted by atomic mass is 10.2. The molecular formula is C12H13BrN4. The number of benzene rings is 1. The quantitative estimate of drug-likeness (QED) is 0.813. The van der Waals surface area contributed by atoms with E-state index in [2.05, 4.69) is 26.2 Å². The Balaban J connectivity index is 2.08. The van der Waals surface area contributed by atoms with Crippen molar-refractivity contribution in [3.8, 4) is 0 Å². The lowest BCUT2D eigenvalue weighted by molar-refractivity contribution is 1.11. The molecule has 0 radical (unpaired) electrons. The highest BCUT2D eigenvalue weighted by Crippen LogP contribution is 2.18. The Morgan fingerprint density at radius 3 is 2.59 bits per heavy atom. The highest BCUT2D eigenvalue weighted by molar-refractivity contribution is 9.10. The number of hydrogen-bond donors (Lipinski definition) is 3. The van der Waals surface area contributed by atoms with E-state index in [0.29, 0.717) is 23.9 Å². The molecule has 0 aliphatic heterocycles. The minimum Gasteiger partial charge on any atom is -0.396 e. The Labute approximate surface area is 108 Å². The number of pyridine rings is 1. The molecule has 1 aromatic heterocycles. The van der Waals surface area contributed by atoms with E-state index in [1.54, 1.807) is 6.07 Å². The van der Waals surface area contributed by atoms with Crippen LogP contribution in [0.25, 0.3) is 0 Å². The molecule has 2 aromatic rings. The molecule has 0 saturated carbocycles. The summed E-state index contributed by atoms with van der Waals surface area (Å²) >= 11 is 3.49. The van der Waals surface area contributed by atoms with Crippen LogP contribution in [0.15, 0.2) is 40.9 Å². The molecule has 4 nitrogen and oxygen atoms in total. The first kappa shape index (κ1) is 11.7. The Morgan fingerprint density at radius 2 is 1.88 bits per heavy atom. The zero-order valence-corrected chi connectivity index (χ0v) is 10.7. The fourth-order valence-corrected chi connectivity index (χ4v) is 1.84. The molecule has 17 heavy (non-hydrogen) atoms. The van der Waals surface area contributed by atoms with Crippen molar-refractivity contribution < 1.29 is 0 Å². The van der Waals surface area contributed by atoms with Gasteiger partial charge in [-0.3, -0.25) is 0 Å². The Hall–Kier alpha value is -1.75. The van der Waals surface area contributed by atoms with Crippen LogP contribution in [0, 0.1) is 0 Å². The van der Waals surface area contributed by atoms with E-state index in [-0.39, 0.29) is 0 Å². The first-order valence-electron chi connectivity index (χ1n) is 5.16. The van der Waals surface area contributed by atoms with E-state index in [1.807, 2.05) is 30.3 Å². The van der Waals surface area contributed by atoms with Gasteiger partial charge in [0, 0.05) is 11.0 Å². The minimum absolute atomic E-state index is 0.349. The highest BCUT2D eigenvalue weighted by atomic mass is 79.9. The number of anilines is 3. The minimum atomic E-state index is 0.349. The van der Waals surface area contributed by atoms with Gasteiger partial charge in [-0.25, -0.2) is 4.98 Å². The van der Waals surface area contributed by atoms with Crippen molar-refractivity contribution in [2.24, 2.45) is 0 Å². The number of halogens is 1. The lowest BCUT2D eigenvalue weighted by Crippen LogP contribution is -2.05. The SMILES string of the molecule is Nc1ccc(NCc2ccccc2Br)nc1N. The topological polar surface area (TPSA) is 77.0 Å². The average Bonchev–Trinajstić information content (AvgIpc) is 2.32. The van der Waals surface area contributed by atoms with Crippen LogP contribution in [-0.2, 0) is 6.54 Å². The first-order valence-corrected chi connectivity index (χ1v) is 5.95. The number of nitrogen functional groups attached to an aromatic ring is 2. The van der Waals surface area contributed by atoms with Crippen molar-refractivity contribution in [3.05, 3.63) is 46.4 Å². The van der Waals surface area contributed by atoms with Crippen molar-refractivity contribution in [1.29, 1.82) is 0 Å². The van der Waals surface area contributed by atoms with Crippen LogP contribution in [0.1, 0.15) is 5.56 Å². The van der Waals surface area contributed by atoms with Gasteiger partial charge in [0.05, 0.1) is 5.69 Å². The highest BCUT2D eigenvalue weighted by Gasteiger charge is 2.01. The maximum absolute atomic E-state index is 5.63. The van der Waals surface area contributed by atoms with Gasteiger partial charge in [0.25, 0.3) is 0 Å². The molecule has 0 saturated heterocycles. The van der Waals surface area contributed by atoms with Gasteiger partial charge in [-0.2, -0.15) is 0 Å². The van der Waals surface area contributed by atoms with Gasteiger partial charge in [0.1, 0.15) is 11.6 Å². The second-order valence-electron chi connectivity index (χ2n) is 3.62. The number of nitrogens with one attached hydrogen (secondary N) is 1. The standard InChI is InChI=1S/C12H13BrN4/c13-9-4-2-1-3-8(9)7-16-11-6-5-10(14)12(15)17-11/h1-6H,7,14H2,(H3,15,16,17). The van der Waals surface area contributed by atoms with Crippen LogP contribution in [0.4, 0.5) is 17.3 Å². The first-order chi connectivity index (χ1) is 8.16. The molecule has 0 bridgehead atoms. The molecule has 1 aromatic carbocycles. The van der Waals surface area contributed by atoms with E-state index in [1.165, 1.54) is 0 Å². The molecule has 1 heterocycles. The van der Waals surface area contributed by atoms with Crippen LogP contribution < -0.4 is 16.8 Å². The number of aromatic nitrogens is 1. The van der Waals surface area contributed by atoms with Gasteiger partial charge in [-0.15, -0.1) is 0 Å². The molecule has 0 atom stereocenters.